The van der Waals surface area contributed by atoms with Crippen molar-refractivity contribution in [2.45, 2.75) is 51.6 Å². The van der Waals surface area contributed by atoms with E-state index in [0.717, 1.165) is 6.42 Å². The van der Waals surface area contributed by atoms with Crippen LogP contribution in [0.4, 0.5) is 0 Å². The molecule has 0 aliphatic heterocycles. The molecule has 0 fully saturated rings. The number of carbonyl (C=O) groups excluding carboxylic acids is 1. The van der Waals surface area contributed by atoms with Gasteiger partial charge in [-0.05, 0) is 13.3 Å². The van der Waals surface area contributed by atoms with Crippen molar-refractivity contribution in [2.75, 3.05) is 0 Å². The van der Waals surface area contributed by atoms with Crippen molar-refractivity contribution < 1.29 is 14.7 Å². The Morgan fingerprint density at radius 3 is 2.40 bits per heavy atom. The molecule has 0 rings (SSSR count). The molecule has 0 saturated heterocycles. The molecule has 0 aromatic carbocycles. The van der Waals surface area contributed by atoms with Gasteiger partial charge in [-0.15, -0.1) is 0 Å². The first-order chi connectivity index (χ1) is 6.95. The van der Waals surface area contributed by atoms with Gasteiger partial charge in [0, 0.05) is 18.5 Å². The van der Waals surface area contributed by atoms with Crippen LogP contribution in [0.5, 0.6) is 0 Å². The maximum absolute atomic E-state index is 11.3. The van der Waals surface area contributed by atoms with Crippen LogP contribution in [0, 0.1) is 0 Å². The third-order valence-electron chi connectivity index (χ3n) is 1.93. The Hall–Kier alpha value is -1.10. The Morgan fingerprint density at radius 1 is 1.40 bits per heavy atom. The molecule has 5 heteroatoms. The van der Waals surface area contributed by atoms with Gasteiger partial charge in [0.25, 0.3) is 0 Å². The van der Waals surface area contributed by atoms with Crippen molar-refractivity contribution in [3.8, 4) is 0 Å². The number of hydrogen-bond donors (Lipinski definition) is 3. The normalized spacial score (nSPS) is 14.3. The molecule has 0 saturated carbocycles. The summed E-state index contributed by atoms with van der Waals surface area (Å²) in [6, 6.07) is -0.476. The summed E-state index contributed by atoms with van der Waals surface area (Å²) in [6.07, 6.45) is 1.73. The van der Waals surface area contributed by atoms with Gasteiger partial charge < -0.3 is 16.2 Å². The molecule has 2 atom stereocenters. The highest BCUT2D eigenvalue weighted by atomic mass is 16.4. The van der Waals surface area contributed by atoms with Crippen LogP contribution < -0.4 is 11.1 Å². The number of carboxylic acids is 1. The molecule has 0 heterocycles. The van der Waals surface area contributed by atoms with E-state index in [1.54, 1.807) is 6.92 Å². The fourth-order valence-corrected chi connectivity index (χ4v) is 1.36. The Balaban J connectivity index is 4.03. The number of hydrogen-bond acceptors (Lipinski definition) is 3. The first kappa shape index (κ1) is 13.9. The van der Waals surface area contributed by atoms with Crippen molar-refractivity contribution in [1.82, 2.24) is 5.32 Å². The average Bonchev–Trinajstić information content (AvgIpc) is 2.00. The van der Waals surface area contributed by atoms with E-state index in [9.17, 15) is 9.59 Å². The van der Waals surface area contributed by atoms with Gasteiger partial charge in [0.05, 0.1) is 6.42 Å². The fraction of sp³-hybridized carbons (Fsp3) is 0.800. The van der Waals surface area contributed by atoms with E-state index in [-0.39, 0.29) is 30.8 Å². The molecule has 0 aromatic heterocycles. The number of nitrogens with two attached hydrogens (primary N) is 1. The van der Waals surface area contributed by atoms with Crippen molar-refractivity contribution in [2.24, 2.45) is 5.73 Å². The van der Waals surface area contributed by atoms with Gasteiger partial charge in [0.2, 0.25) is 5.91 Å². The van der Waals surface area contributed by atoms with E-state index in [0.29, 0.717) is 6.42 Å². The second-order valence-corrected chi connectivity index (χ2v) is 3.83. The van der Waals surface area contributed by atoms with Crippen molar-refractivity contribution in [3.63, 3.8) is 0 Å². The van der Waals surface area contributed by atoms with E-state index in [2.05, 4.69) is 5.32 Å². The van der Waals surface area contributed by atoms with Gasteiger partial charge in [-0.1, -0.05) is 13.3 Å². The van der Waals surface area contributed by atoms with Gasteiger partial charge in [-0.3, -0.25) is 9.59 Å². The molecule has 88 valence electrons. The number of nitrogens with one attached hydrogen (secondary N) is 1. The summed E-state index contributed by atoms with van der Waals surface area (Å²) in [5.41, 5.74) is 5.47. The number of carboxylic acid groups (broad SMARTS) is 1. The maximum Gasteiger partial charge on any atom is 0.305 e. The zero-order chi connectivity index (χ0) is 11.8. The molecular formula is C10H20N2O3. The highest BCUT2D eigenvalue weighted by Crippen LogP contribution is 2.02. The molecular weight excluding hydrogens is 196 g/mol. The van der Waals surface area contributed by atoms with Gasteiger partial charge in [0.1, 0.15) is 0 Å². The van der Waals surface area contributed by atoms with Crippen LogP contribution in [0.1, 0.15) is 39.5 Å². The third kappa shape index (κ3) is 7.93. The minimum absolute atomic E-state index is 0.0292. The number of rotatable bonds is 7. The van der Waals surface area contributed by atoms with E-state index in [1.807, 2.05) is 6.92 Å². The molecule has 0 aromatic rings. The predicted octanol–water partition coefficient (Wildman–Crippen LogP) is 0.483. The SMILES string of the molecule is CCCC(CC(=O)O)NC(=O)CC(C)N. The van der Waals surface area contributed by atoms with Crippen LogP contribution in [0.15, 0.2) is 0 Å². The lowest BCUT2D eigenvalue weighted by atomic mass is 10.1. The predicted molar refractivity (Wildman–Crippen MR) is 57.4 cm³/mol. The molecule has 2 unspecified atom stereocenters. The second kappa shape index (κ2) is 7.23. The Bertz CT molecular complexity index is 217. The Morgan fingerprint density at radius 2 is 2.00 bits per heavy atom. The summed E-state index contributed by atoms with van der Waals surface area (Å²) >= 11 is 0. The summed E-state index contributed by atoms with van der Waals surface area (Å²) in [7, 11) is 0. The summed E-state index contributed by atoms with van der Waals surface area (Å²) in [4.78, 5) is 21.8. The largest absolute Gasteiger partial charge is 0.481 e. The van der Waals surface area contributed by atoms with E-state index >= 15 is 0 Å². The zero-order valence-electron chi connectivity index (χ0n) is 9.32. The van der Waals surface area contributed by atoms with Gasteiger partial charge in [-0.2, -0.15) is 0 Å². The molecule has 5 nitrogen and oxygen atoms in total. The van der Waals surface area contributed by atoms with Crippen molar-refractivity contribution in [1.29, 1.82) is 0 Å². The van der Waals surface area contributed by atoms with Gasteiger partial charge >= 0.3 is 5.97 Å². The summed E-state index contributed by atoms with van der Waals surface area (Å²) < 4.78 is 0. The van der Waals surface area contributed by atoms with Crippen molar-refractivity contribution in [3.05, 3.63) is 0 Å². The van der Waals surface area contributed by atoms with Gasteiger partial charge in [0.15, 0.2) is 0 Å². The molecule has 0 radical (unpaired) electrons. The van der Waals surface area contributed by atoms with E-state index < -0.39 is 5.97 Å². The summed E-state index contributed by atoms with van der Waals surface area (Å²) in [5, 5.41) is 11.3. The number of amides is 1. The molecule has 15 heavy (non-hydrogen) atoms. The van der Waals surface area contributed by atoms with Crippen LogP contribution in [0.25, 0.3) is 0 Å². The topological polar surface area (TPSA) is 92.4 Å². The van der Waals surface area contributed by atoms with E-state index in [1.165, 1.54) is 0 Å². The van der Waals surface area contributed by atoms with Crippen LogP contribution in [0.2, 0.25) is 0 Å². The molecule has 0 spiro atoms. The maximum atomic E-state index is 11.3. The summed E-state index contributed by atoms with van der Waals surface area (Å²) in [5.74, 6) is -1.07. The lowest BCUT2D eigenvalue weighted by Gasteiger charge is -2.16. The quantitative estimate of drug-likeness (QED) is 0.577. The Labute approximate surface area is 90.0 Å². The first-order valence-electron chi connectivity index (χ1n) is 5.22. The smallest absolute Gasteiger partial charge is 0.305 e. The zero-order valence-corrected chi connectivity index (χ0v) is 9.32. The number of aliphatic carboxylic acids is 1. The monoisotopic (exact) mass is 216 g/mol. The van der Waals surface area contributed by atoms with Crippen molar-refractivity contribution >= 4 is 11.9 Å². The molecule has 0 aliphatic carbocycles. The summed E-state index contributed by atoms with van der Waals surface area (Å²) in [6.45, 7) is 3.69. The highest BCUT2D eigenvalue weighted by Gasteiger charge is 2.15. The Kier molecular flexibility index (Phi) is 6.70. The van der Waals surface area contributed by atoms with E-state index in [4.69, 9.17) is 10.8 Å². The highest BCUT2D eigenvalue weighted by molar-refractivity contribution is 5.77. The first-order valence-corrected chi connectivity index (χ1v) is 5.22. The number of carbonyl (C=O) groups is 2. The van der Waals surface area contributed by atoms with Crippen LogP contribution in [-0.2, 0) is 9.59 Å². The van der Waals surface area contributed by atoms with Gasteiger partial charge in [-0.25, -0.2) is 0 Å². The molecule has 1 amide bonds. The molecule has 4 N–H and O–H groups in total. The minimum atomic E-state index is -0.894. The lowest BCUT2D eigenvalue weighted by molar-refractivity contribution is -0.137. The lowest BCUT2D eigenvalue weighted by Crippen LogP contribution is -2.38. The fourth-order valence-electron chi connectivity index (χ4n) is 1.36. The van der Waals surface area contributed by atoms with Crippen LogP contribution in [-0.4, -0.2) is 29.1 Å². The average molecular weight is 216 g/mol. The third-order valence-corrected chi connectivity index (χ3v) is 1.93. The standard InChI is InChI=1S/C10H20N2O3/c1-3-4-8(6-10(14)15)12-9(13)5-7(2)11/h7-8H,3-6,11H2,1-2H3,(H,12,13)(H,14,15). The van der Waals surface area contributed by atoms with Crippen LogP contribution >= 0.6 is 0 Å². The van der Waals surface area contributed by atoms with Crippen LogP contribution in [0.3, 0.4) is 0 Å². The minimum Gasteiger partial charge on any atom is -0.481 e. The molecule has 0 aliphatic rings. The second-order valence-electron chi connectivity index (χ2n) is 3.83. The molecule has 0 bridgehead atoms.